The van der Waals surface area contributed by atoms with E-state index < -0.39 is 0 Å². The number of nitrogens with zero attached hydrogens (tertiary/aromatic N) is 3. The van der Waals surface area contributed by atoms with Gasteiger partial charge >= 0.3 is 6.09 Å². The van der Waals surface area contributed by atoms with Crippen molar-refractivity contribution in [3.8, 4) is 0 Å². The molecular weight excluding hydrogens is 208 g/mol. The van der Waals surface area contributed by atoms with Crippen molar-refractivity contribution in [2.75, 3.05) is 20.2 Å². The maximum atomic E-state index is 11.6. The van der Waals surface area contributed by atoms with E-state index in [1.807, 2.05) is 0 Å². The van der Waals surface area contributed by atoms with Gasteiger partial charge in [-0.25, -0.2) is 14.8 Å². The molecule has 86 valence electrons. The van der Waals surface area contributed by atoms with Crippen LogP contribution in [0.15, 0.2) is 12.5 Å². The number of nitrogens with two attached hydrogens (primary N) is 1. The lowest BCUT2D eigenvalue weighted by Crippen LogP contribution is -2.43. The smallest absolute Gasteiger partial charge is 0.410 e. The number of carbonyl (C=O) groups is 1. The molecule has 1 amide bonds. The number of fused-ring (bicyclic) bond motifs is 1. The molecule has 0 aliphatic carbocycles. The molecule has 0 fully saturated rings. The van der Waals surface area contributed by atoms with Crippen molar-refractivity contribution in [1.29, 1.82) is 0 Å². The number of amides is 1. The highest BCUT2D eigenvalue weighted by atomic mass is 16.5. The first-order valence-electron chi connectivity index (χ1n) is 5.11. The van der Waals surface area contributed by atoms with E-state index in [9.17, 15) is 4.79 Å². The number of aromatic nitrogens is 2. The van der Waals surface area contributed by atoms with E-state index in [-0.39, 0.29) is 12.1 Å². The molecule has 0 radical (unpaired) electrons. The van der Waals surface area contributed by atoms with Gasteiger partial charge in [0.15, 0.2) is 0 Å². The van der Waals surface area contributed by atoms with Gasteiger partial charge in [0.05, 0.1) is 18.8 Å². The number of rotatable bonds is 1. The quantitative estimate of drug-likeness (QED) is 0.728. The number of methoxy groups -OCH3 is 1. The third-order valence-corrected chi connectivity index (χ3v) is 2.78. The SMILES string of the molecule is COC(=O)N1CCc2ncncc2C1CN. The predicted octanol–water partition coefficient (Wildman–Crippen LogP) is 0.101. The fourth-order valence-corrected chi connectivity index (χ4v) is 1.99. The van der Waals surface area contributed by atoms with E-state index in [2.05, 4.69) is 9.97 Å². The zero-order valence-corrected chi connectivity index (χ0v) is 9.09. The van der Waals surface area contributed by atoms with E-state index in [1.165, 1.54) is 13.4 Å². The molecule has 2 heterocycles. The molecule has 0 bridgehead atoms. The van der Waals surface area contributed by atoms with Crippen molar-refractivity contribution in [2.24, 2.45) is 5.73 Å². The number of ether oxygens (including phenoxy) is 1. The van der Waals surface area contributed by atoms with E-state index in [0.29, 0.717) is 19.5 Å². The van der Waals surface area contributed by atoms with Crippen LogP contribution in [-0.2, 0) is 11.2 Å². The standard InChI is InChI=1S/C10H14N4O2/c1-16-10(15)14-3-2-8-7(9(14)4-11)5-12-6-13-8/h5-6,9H,2-4,11H2,1H3. The highest BCUT2D eigenvalue weighted by Gasteiger charge is 2.31. The summed E-state index contributed by atoms with van der Waals surface area (Å²) in [6.45, 7) is 0.925. The van der Waals surface area contributed by atoms with Gasteiger partial charge in [-0.2, -0.15) is 0 Å². The largest absolute Gasteiger partial charge is 0.453 e. The van der Waals surface area contributed by atoms with Crippen LogP contribution in [0, 0.1) is 0 Å². The highest BCUT2D eigenvalue weighted by molar-refractivity contribution is 5.68. The van der Waals surface area contributed by atoms with Crippen molar-refractivity contribution in [3.05, 3.63) is 23.8 Å². The Balaban J connectivity index is 2.33. The van der Waals surface area contributed by atoms with Crippen molar-refractivity contribution >= 4 is 6.09 Å². The minimum atomic E-state index is -0.357. The van der Waals surface area contributed by atoms with Gasteiger partial charge in [0.1, 0.15) is 6.33 Å². The Kier molecular flexibility index (Phi) is 3.00. The maximum Gasteiger partial charge on any atom is 0.410 e. The minimum absolute atomic E-state index is 0.183. The molecular formula is C10H14N4O2. The van der Waals surface area contributed by atoms with Gasteiger partial charge in [-0.15, -0.1) is 0 Å². The van der Waals surface area contributed by atoms with Crippen LogP contribution in [-0.4, -0.2) is 41.2 Å². The van der Waals surface area contributed by atoms with Gasteiger partial charge in [-0.3, -0.25) is 4.90 Å². The topological polar surface area (TPSA) is 81.3 Å². The van der Waals surface area contributed by atoms with Crippen LogP contribution in [0.4, 0.5) is 4.79 Å². The van der Waals surface area contributed by atoms with Gasteiger partial charge in [0.2, 0.25) is 0 Å². The first kappa shape index (κ1) is 10.8. The van der Waals surface area contributed by atoms with Gasteiger partial charge in [0, 0.05) is 31.3 Å². The van der Waals surface area contributed by atoms with E-state index in [1.54, 1.807) is 11.1 Å². The second-order valence-corrected chi connectivity index (χ2v) is 3.59. The van der Waals surface area contributed by atoms with Crippen LogP contribution in [0.2, 0.25) is 0 Å². The molecule has 1 unspecified atom stereocenters. The van der Waals surface area contributed by atoms with Gasteiger partial charge in [-0.05, 0) is 0 Å². The molecule has 1 aromatic rings. The van der Waals surface area contributed by atoms with E-state index >= 15 is 0 Å². The first-order chi connectivity index (χ1) is 7.77. The van der Waals surface area contributed by atoms with Crippen LogP contribution in [0.3, 0.4) is 0 Å². The maximum absolute atomic E-state index is 11.6. The summed E-state index contributed by atoms with van der Waals surface area (Å²) in [5.41, 5.74) is 7.58. The van der Waals surface area contributed by atoms with E-state index in [4.69, 9.17) is 10.5 Å². The molecule has 0 saturated heterocycles. The van der Waals surface area contributed by atoms with Crippen LogP contribution in [0.1, 0.15) is 17.3 Å². The van der Waals surface area contributed by atoms with Gasteiger partial charge in [0.25, 0.3) is 0 Å². The summed E-state index contributed by atoms with van der Waals surface area (Å²) in [4.78, 5) is 21.3. The monoisotopic (exact) mass is 222 g/mol. The molecule has 6 heteroatoms. The van der Waals surface area contributed by atoms with Crippen LogP contribution >= 0.6 is 0 Å². The molecule has 6 nitrogen and oxygen atoms in total. The van der Waals surface area contributed by atoms with Crippen LogP contribution in [0.5, 0.6) is 0 Å². The summed E-state index contributed by atoms with van der Waals surface area (Å²) in [7, 11) is 1.37. The Morgan fingerprint density at radius 3 is 3.25 bits per heavy atom. The van der Waals surface area contributed by atoms with Crippen molar-refractivity contribution in [1.82, 2.24) is 14.9 Å². The fourth-order valence-electron chi connectivity index (χ4n) is 1.99. The molecule has 1 aliphatic rings. The number of hydrogen-bond acceptors (Lipinski definition) is 5. The molecule has 2 rings (SSSR count). The minimum Gasteiger partial charge on any atom is -0.453 e. The highest BCUT2D eigenvalue weighted by Crippen LogP contribution is 2.27. The third-order valence-electron chi connectivity index (χ3n) is 2.78. The Labute approximate surface area is 93.4 Å². The summed E-state index contributed by atoms with van der Waals surface area (Å²) in [6, 6.07) is -0.183. The molecule has 0 spiro atoms. The number of carbonyl (C=O) groups excluding carboxylic acids is 1. The van der Waals surface area contributed by atoms with Crippen molar-refractivity contribution in [3.63, 3.8) is 0 Å². The lowest BCUT2D eigenvalue weighted by molar-refractivity contribution is 0.102. The lowest BCUT2D eigenvalue weighted by atomic mass is 9.99. The predicted molar refractivity (Wildman–Crippen MR) is 56.6 cm³/mol. The first-order valence-corrected chi connectivity index (χ1v) is 5.11. The lowest BCUT2D eigenvalue weighted by Gasteiger charge is -2.34. The van der Waals surface area contributed by atoms with Crippen molar-refractivity contribution < 1.29 is 9.53 Å². The summed E-state index contributed by atoms with van der Waals surface area (Å²) >= 11 is 0. The summed E-state index contributed by atoms with van der Waals surface area (Å²) in [5, 5.41) is 0. The molecule has 0 aromatic carbocycles. The third kappa shape index (κ3) is 1.71. The second-order valence-electron chi connectivity index (χ2n) is 3.59. The molecule has 1 aromatic heterocycles. The van der Waals surface area contributed by atoms with Gasteiger partial charge in [-0.1, -0.05) is 0 Å². The fraction of sp³-hybridized carbons (Fsp3) is 0.500. The zero-order chi connectivity index (χ0) is 11.5. The number of hydrogen-bond donors (Lipinski definition) is 1. The Hall–Kier alpha value is -1.69. The summed E-state index contributed by atoms with van der Waals surface area (Å²) in [6.07, 6.45) is 3.59. The average molecular weight is 222 g/mol. The van der Waals surface area contributed by atoms with Crippen LogP contribution < -0.4 is 5.73 Å². The Morgan fingerprint density at radius 2 is 2.56 bits per heavy atom. The average Bonchev–Trinajstić information content (AvgIpc) is 2.36. The van der Waals surface area contributed by atoms with Crippen molar-refractivity contribution in [2.45, 2.75) is 12.5 Å². The molecule has 16 heavy (non-hydrogen) atoms. The summed E-state index contributed by atoms with van der Waals surface area (Å²) < 4.78 is 4.73. The molecule has 1 aliphatic heterocycles. The molecule has 1 atom stereocenters. The second kappa shape index (κ2) is 4.44. The van der Waals surface area contributed by atoms with E-state index in [0.717, 1.165) is 11.3 Å². The summed E-state index contributed by atoms with van der Waals surface area (Å²) in [5.74, 6) is 0. The van der Waals surface area contributed by atoms with Gasteiger partial charge < -0.3 is 10.5 Å². The molecule has 0 saturated carbocycles. The Morgan fingerprint density at radius 1 is 1.75 bits per heavy atom. The zero-order valence-electron chi connectivity index (χ0n) is 9.09. The molecule has 2 N–H and O–H groups in total. The Bertz CT molecular complexity index is 396. The van der Waals surface area contributed by atoms with Crippen LogP contribution in [0.25, 0.3) is 0 Å². The normalized spacial score (nSPS) is 19.1.